The molecule has 1 unspecified atom stereocenters. The summed E-state index contributed by atoms with van der Waals surface area (Å²) in [6, 6.07) is 0. The molecule has 0 aliphatic carbocycles. The van der Waals surface area contributed by atoms with E-state index in [9.17, 15) is 0 Å². The van der Waals surface area contributed by atoms with E-state index in [0.29, 0.717) is 6.42 Å². The Labute approximate surface area is 76.3 Å². The number of aliphatic hydroxyl groups excluding tert-OH is 1. The number of terminal acetylenes is 1. The van der Waals surface area contributed by atoms with Crippen molar-refractivity contribution in [3.05, 3.63) is 0 Å². The number of hydrogen-bond acceptors (Lipinski definition) is 1. The molecule has 0 heterocycles. The molecule has 0 aromatic rings. The predicted molar refractivity (Wildman–Crippen MR) is 50.0 cm³/mol. The number of hydrogen-bond donors (Lipinski definition) is 1. The van der Waals surface area contributed by atoms with Crippen LogP contribution in [-0.4, -0.2) is 11.2 Å². The summed E-state index contributed by atoms with van der Waals surface area (Å²) in [5.74, 6) is 5.14. The van der Waals surface area contributed by atoms with Gasteiger partial charge in [-0.25, -0.2) is 0 Å². The molecule has 0 rings (SSSR count). The van der Waals surface area contributed by atoms with Gasteiger partial charge in [0.1, 0.15) is 6.10 Å². The second-order valence-corrected chi connectivity index (χ2v) is 2.60. The summed E-state index contributed by atoms with van der Waals surface area (Å²) in [6.07, 6.45) is 7.95. The van der Waals surface area contributed by atoms with Crippen molar-refractivity contribution >= 4 is 15.9 Å². The smallest absolute Gasteiger partial charge is 0.115 e. The molecule has 0 saturated carbocycles. The molecule has 0 fully saturated rings. The normalized spacial score (nSPS) is 11.0. The van der Waals surface area contributed by atoms with Crippen LogP contribution in [0.25, 0.3) is 0 Å². The van der Waals surface area contributed by atoms with Gasteiger partial charge in [0.25, 0.3) is 0 Å². The van der Waals surface area contributed by atoms with Crippen molar-refractivity contribution in [3.8, 4) is 23.1 Å². The fourth-order valence-corrected chi connectivity index (χ4v) is 0.964. The van der Waals surface area contributed by atoms with Crippen molar-refractivity contribution < 1.29 is 5.11 Å². The van der Waals surface area contributed by atoms with E-state index in [4.69, 9.17) is 11.5 Å². The first-order chi connectivity index (χ1) is 5.31. The van der Waals surface area contributed by atoms with E-state index < -0.39 is 6.10 Å². The van der Waals surface area contributed by atoms with Gasteiger partial charge in [-0.1, -0.05) is 5.92 Å². The molecule has 0 aliphatic heterocycles. The summed E-state index contributed by atoms with van der Waals surface area (Å²) in [6.45, 7) is 0. The highest BCUT2D eigenvalue weighted by Gasteiger charge is 1.96. The third kappa shape index (κ3) is 7.46. The second-order valence-electron chi connectivity index (χ2n) is 2.20. The largest absolute Gasteiger partial charge is 0.380 e. The third-order valence-corrected chi connectivity index (χ3v) is 1.50. The van der Waals surface area contributed by atoms with E-state index in [1.54, 1.807) is 0 Å². The Morgan fingerprint density at radius 2 is 2.18 bits per heavy atom. The topological polar surface area (TPSA) is 20.2 Å². The van der Waals surface area contributed by atoms with Gasteiger partial charge in [-0.15, -0.1) is 12.3 Å². The molecule has 0 spiro atoms. The van der Waals surface area contributed by atoms with Gasteiger partial charge in [-0.3, -0.25) is 0 Å². The maximum absolute atomic E-state index is 9.09. The summed E-state index contributed by atoms with van der Waals surface area (Å²) in [7, 11) is 0. The van der Waals surface area contributed by atoms with E-state index in [1.165, 1.54) is 0 Å². The molecule has 0 aromatic heterocycles. The average Bonchev–Trinajstić information content (AvgIpc) is 1.99. The van der Waals surface area contributed by atoms with Crippen molar-refractivity contribution in [2.45, 2.75) is 31.8 Å². The van der Waals surface area contributed by atoms with Crippen molar-refractivity contribution in [2.75, 3.05) is 0 Å². The van der Waals surface area contributed by atoms with Gasteiger partial charge >= 0.3 is 0 Å². The van der Waals surface area contributed by atoms with Crippen LogP contribution in [0.1, 0.15) is 25.7 Å². The number of unbranched alkanes of at least 4 members (excludes halogenated alkanes) is 2. The maximum Gasteiger partial charge on any atom is 0.115 e. The first-order valence-corrected chi connectivity index (χ1v) is 4.33. The van der Waals surface area contributed by atoms with Gasteiger partial charge < -0.3 is 5.11 Å². The molecule has 60 valence electrons. The minimum absolute atomic E-state index is 0.507. The number of aliphatic hydroxyl groups is 1. The van der Waals surface area contributed by atoms with Gasteiger partial charge in [-0.2, -0.15) is 0 Å². The quantitative estimate of drug-likeness (QED) is 0.560. The Morgan fingerprint density at radius 1 is 1.45 bits per heavy atom. The lowest BCUT2D eigenvalue weighted by Gasteiger charge is -1.99. The minimum atomic E-state index is -0.507. The summed E-state index contributed by atoms with van der Waals surface area (Å²) in [5, 5.41) is 9.09. The number of halogens is 1. The second kappa shape index (κ2) is 7.66. The summed E-state index contributed by atoms with van der Waals surface area (Å²) in [4.78, 5) is 2.48. The average molecular weight is 215 g/mol. The van der Waals surface area contributed by atoms with Crippen LogP contribution in [0.4, 0.5) is 0 Å². The van der Waals surface area contributed by atoms with E-state index in [-0.39, 0.29) is 0 Å². The molecule has 11 heavy (non-hydrogen) atoms. The monoisotopic (exact) mass is 214 g/mol. The summed E-state index contributed by atoms with van der Waals surface area (Å²) >= 11 is 2.92. The molecule has 2 heteroatoms. The Hall–Kier alpha value is -0.440. The molecule has 0 aliphatic rings. The zero-order valence-electron chi connectivity index (χ0n) is 6.31. The Kier molecular flexibility index (Phi) is 7.36. The molecule has 1 atom stereocenters. The molecule has 0 amide bonds. The van der Waals surface area contributed by atoms with Crippen LogP contribution in [-0.2, 0) is 0 Å². The van der Waals surface area contributed by atoms with Crippen LogP contribution < -0.4 is 0 Å². The highest BCUT2D eigenvalue weighted by atomic mass is 79.9. The van der Waals surface area contributed by atoms with E-state index in [1.807, 2.05) is 0 Å². The van der Waals surface area contributed by atoms with Gasteiger partial charge in [0.05, 0.1) is 0 Å². The first kappa shape index (κ1) is 10.6. The lowest BCUT2D eigenvalue weighted by molar-refractivity contribution is 0.218. The standard InChI is InChI=1S/C9H11BrO/c1-2-3-4-5-6-9(11)7-8-10/h1,9,11H,3-6H2. The molecule has 0 radical (unpaired) electrons. The molecule has 0 saturated heterocycles. The molecule has 0 bridgehead atoms. The third-order valence-electron chi connectivity index (χ3n) is 1.27. The Morgan fingerprint density at radius 3 is 2.73 bits per heavy atom. The van der Waals surface area contributed by atoms with Crippen molar-refractivity contribution in [1.82, 2.24) is 0 Å². The summed E-state index contributed by atoms with van der Waals surface area (Å²) in [5.41, 5.74) is 0. The zero-order chi connectivity index (χ0) is 8.53. The van der Waals surface area contributed by atoms with Crippen LogP contribution >= 0.6 is 15.9 Å². The highest BCUT2D eigenvalue weighted by molar-refractivity contribution is 9.12. The fourth-order valence-electron chi connectivity index (χ4n) is 0.700. The molecule has 1 nitrogen and oxygen atoms in total. The van der Waals surface area contributed by atoms with Gasteiger partial charge in [-0.05, 0) is 24.1 Å². The lowest BCUT2D eigenvalue weighted by Crippen LogP contribution is -2.01. The van der Waals surface area contributed by atoms with Crippen LogP contribution in [0.2, 0.25) is 0 Å². The zero-order valence-corrected chi connectivity index (χ0v) is 7.89. The van der Waals surface area contributed by atoms with Crippen LogP contribution in [0.5, 0.6) is 0 Å². The molecular weight excluding hydrogens is 204 g/mol. The van der Waals surface area contributed by atoms with Gasteiger partial charge in [0.15, 0.2) is 0 Å². The van der Waals surface area contributed by atoms with E-state index >= 15 is 0 Å². The van der Waals surface area contributed by atoms with E-state index in [0.717, 1.165) is 19.3 Å². The van der Waals surface area contributed by atoms with Crippen LogP contribution in [0, 0.1) is 23.1 Å². The minimum Gasteiger partial charge on any atom is -0.380 e. The van der Waals surface area contributed by atoms with Gasteiger partial charge in [0.2, 0.25) is 0 Å². The highest BCUT2D eigenvalue weighted by Crippen LogP contribution is 2.02. The molecule has 0 aromatic carbocycles. The lowest BCUT2D eigenvalue weighted by atomic mass is 10.1. The van der Waals surface area contributed by atoms with Crippen LogP contribution in [0.3, 0.4) is 0 Å². The molecule has 1 N–H and O–H groups in total. The predicted octanol–water partition coefficient (Wildman–Crippen LogP) is 1.90. The van der Waals surface area contributed by atoms with Crippen molar-refractivity contribution in [3.63, 3.8) is 0 Å². The van der Waals surface area contributed by atoms with Crippen molar-refractivity contribution in [1.29, 1.82) is 0 Å². The van der Waals surface area contributed by atoms with Crippen molar-refractivity contribution in [2.24, 2.45) is 0 Å². The summed E-state index contributed by atoms with van der Waals surface area (Å²) < 4.78 is 0. The Bertz CT molecular complexity index is 182. The SMILES string of the molecule is C#CCCCCC(O)C#CBr. The number of rotatable bonds is 4. The van der Waals surface area contributed by atoms with Crippen LogP contribution in [0.15, 0.2) is 0 Å². The first-order valence-electron chi connectivity index (χ1n) is 3.54. The fraction of sp³-hybridized carbons (Fsp3) is 0.556. The molecular formula is C9H11BrO. The Balaban J connectivity index is 3.23. The van der Waals surface area contributed by atoms with E-state index in [2.05, 4.69) is 32.6 Å². The van der Waals surface area contributed by atoms with Gasteiger partial charge in [0, 0.05) is 22.4 Å². The maximum atomic E-state index is 9.09.